The van der Waals surface area contributed by atoms with Crippen molar-refractivity contribution in [3.63, 3.8) is 0 Å². The van der Waals surface area contributed by atoms with E-state index in [1.165, 1.54) is 38.2 Å². The summed E-state index contributed by atoms with van der Waals surface area (Å²) in [5.41, 5.74) is 4.61. The minimum atomic E-state index is -2.72. The number of amides is 1. The fraction of sp³-hybridized carbons (Fsp3) is 0.368. The fourth-order valence-electron chi connectivity index (χ4n) is 3.32. The van der Waals surface area contributed by atoms with Crippen molar-refractivity contribution in [2.45, 2.75) is 37.5 Å². The first-order valence-corrected chi connectivity index (χ1v) is 10.1. The number of nitrogens with zero attached hydrogens (tertiary/aromatic N) is 3. The summed E-state index contributed by atoms with van der Waals surface area (Å²) in [6.45, 7) is 4.46. The Morgan fingerprint density at radius 1 is 1.30 bits per heavy atom. The van der Waals surface area contributed by atoms with Gasteiger partial charge in [0.05, 0.1) is 27.2 Å². The first-order valence-electron chi connectivity index (χ1n) is 8.89. The molecule has 1 aliphatic rings. The summed E-state index contributed by atoms with van der Waals surface area (Å²) >= 11 is 6.53. The van der Waals surface area contributed by atoms with Crippen LogP contribution in [0.3, 0.4) is 0 Å². The highest BCUT2D eigenvalue weighted by molar-refractivity contribution is 8.15. The zero-order chi connectivity index (χ0) is 22.3. The van der Waals surface area contributed by atoms with Crippen LogP contribution in [0.4, 0.5) is 18.9 Å². The van der Waals surface area contributed by atoms with E-state index in [4.69, 9.17) is 17.3 Å². The molecule has 0 unspecified atom stereocenters. The van der Waals surface area contributed by atoms with Crippen molar-refractivity contribution in [1.29, 1.82) is 0 Å². The first kappa shape index (κ1) is 22.4. The molecule has 3 N–H and O–H groups in total. The lowest BCUT2D eigenvalue weighted by atomic mass is 9.74. The lowest BCUT2D eigenvalue weighted by Crippen LogP contribution is -2.52. The highest BCUT2D eigenvalue weighted by Gasteiger charge is 2.54. The number of aromatic nitrogens is 2. The number of amidine groups is 1. The van der Waals surface area contributed by atoms with Crippen LogP contribution in [-0.2, 0) is 5.54 Å². The van der Waals surface area contributed by atoms with Gasteiger partial charge in [0.1, 0.15) is 5.69 Å². The molecule has 0 saturated carbocycles. The molecule has 2 aromatic heterocycles. The maximum atomic E-state index is 14.7. The lowest BCUT2D eigenvalue weighted by molar-refractivity contribution is 0.0571. The molecule has 6 nitrogen and oxygen atoms in total. The zero-order valence-electron chi connectivity index (χ0n) is 16.3. The van der Waals surface area contributed by atoms with Gasteiger partial charge >= 0.3 is 0 Å². The van der Waals surface area contributed by atoms with Crippen molar-refractivity contribution in [1.82, 2.24) is 9.97 Å². The monoisotopic (exact) mass is 457 g/mol. The Morgan fingerprint density at radius 3 is 2.60 bits per heavy atom. The number of thioether (sulfide) groups is 1. The summed E-state index contributed by atoms with van der Waals surface area (Å²) < 4.78 is 40.8. The average Bonchev–Trinajstić information content (AvgIpc) is 2.67. The molecule has 1 amide bonds. The van der Waals surface area contributed by atoms with Gasteiger partial charge in [-0.25, -0.2) is 18.7 Å². The van der Waals surface area contributed by atoms with E-state index in [1.807, 2.05) is 0 Å². The maximum Gasteiger partial charge on any atom is 0.274 e. The maximum absolute atomic E-state index is 14.7. The Hall–Kier alpha value is -2.33. The normalized spacial score (nSPS) is 26.4. The number of hydrogen-bond acceptors (Lipinski definition) is 6. The van der Waals surface area contributed by atoms with Gasteiger partial charge in [0.15, 0.2) is 5.17 Å². The predicted molar refractivity (Wildman–Crippen MR) is 112 cm³/mol. The number of pyridine rings is 2. The third kappa shape index (κ3) is 3.98. The summed E-state index contributed by atoms with van der Waals surface area (Å²) in [4.78, 5) is 24.3. The van der Waals surface area contributed by atoms with Gasteiger partial charge in [-0.2, -0.15) is 4.39 Å². The van der Waals surface area contributed by atoms with E-state index < -0.39 is 34.5 Å². The Morgan fingerprint density at radius 2 is 2.00 bits per heavy atom. The van der Waals surface area contributed by atoms with Gasteiger partial charge in [-0.3, -0.25) is 9.79 Å². The summed E-state index contributed by atoms with van der Waals surface area (Å²) in [7, 11) is 0. The van der Waals surface area contributed by atoms with Crippen LogP contribution in [-0.4, -0.2) is 32.2 Å². The number of carbonyl (C=O) groups is 1. The second kappa shape index (κ2) is 8.07. The zero-order valence-corrected chi connectivity index (χ0v) is 17.9. The second-order valence-electron chi connectivity index (χ2n) is 7.28. The van der Waals surface area contributed by atoms with E-state index in [-0.39, 0.29) is 22.1 Å². The number of anilines is 1. The molecule has 2 aromatic rings. The van der Waals surface area contributed by atoms with Gasteiger partial charge in [-0.1, -0.05) is 30.3 Å². The van der Waals surface area contributed by atoms with Crippen LogP contribution in [0, 0.1) is 11.9 Å². The van der Waals surface area contributed by atoms with Crippen LogP contribution in [0.1, 0.15) is 36.8 Å². The van der Waals surface area contributed by atoms with Crippen molar-refractivity contribution >= 4 is 40.1 Å². The number of halogens is 4. The third-order valence-electron chi connectivity index (χ3n) is 5.41. The van der Waals surface area contributed by atoms with E-state index in [2.05, 4.69) is 20.3 Å². The molecule has 11 heteroatoms. The molecule has 1 aliphatic heterocycles. The van der Waals surface area contributed by atoms with Gasteiger partial charge in [0, 0.05) is 17.7 Å². The average molecular weight is 458 g/mol. The molecule has 0 aromatic carbocycles. The van der Waals surface area contributed by atoms with Crippen molar-refractivity contribution < 1.29 is 18.0 Å². The molecule has 0 fully saturated rings. The number of hydrogen-bond donors (Lipinski definition) is 2. The van der Waals surface area contributed by atoms with Gasteiger partial charge in [0.25, 0.3) is 12.3 Å². The summed E-state index contributed by atoms with van der Waals surface area (Å²) in [5.74, 6) is -2.25. The SMILES string of the molecule is C[C@H]1[C@@](C)(c2cc(NC(=O)c3ccc(Cl)cn3)cnc2F)N=C(N)S[C@]1(C)C(F)F. The van der Waals surface area contributed by atoms with Crippen LogP contribution < -0.4 is 11.1 Å². The van der Waals surface area contributed by atoms with Crippen LogP contribution in [0.5, 0.6) is 0 Å². The van der Waals surface area contributed by atoms with E-state index >= 15 is 0 Å². The molecular formula is C19H19ClF3N5OS. The third-order valence-corrected chi connectivity index (χ3v) is 6.90. The molecule has 0 saturated heterocycles. The summed E-state index contributed by atoms with van der Waals surface area (Å²) in [6.07, 6.45) is -0.283. The molecule has 30 heavy (non-hydrogen) atoms. The Kier molecular flexibility index (Phi) is 6.01. The van der Waals surface area contributed by atoms with Gasteiger partial charge in [-0.15, -0.1) is 0 Å². The highest BCUT2D eigenvalue weighted by Crippen LogP contribution is 2.52. The van der Waals surface area contributed by atoms with E-state index in [0.29, 0.717) is 5.02 Å². The minimum absolute atomic E-state index is 0.0491. The van der Waals surface area contributed by atoms with Crippen molar-refractivity contribution in [2.75, 3.05) is 5.32 Å². The molecule has 160 valence electrons. The second-order valence-corrected chi connectivity index (χ2v) is 9.22. The Bertz CT molecular complexity index is 1010. The Labute approximate surface area is 180 Å². The van der Waals surface area contributed by atoms with Crippen molar-refractivity contribution in [2.24, 2.45) is 16.6 Å². The van der Waals surface area contributed by atoms with Gasteiger partial charge in [0.2, 0.25) is 5.95 Å². The quantitative estimate of drug-likeness (QED) is 0.661. The van der Waals surface area contributed by atoms with Crippen molar-refractivity contribution in [3.05, 3.63) is 52.8 Å². The molecule has 3 rings (SSSR count). The minimum Gasteiger partial charge on any atom is -0.378 e. The van der Waals surface area contributed by atoms with Crippen LogP contribution in [0.15, 0.2) is 35.6 Å². The number of rotatable bonds is 4. The molecule has 0 bridgehead atoms. The molecule has 0 radical (unpaired) electrons. The molecule has 0 aliphatic carbocycles. The number of aliphatic imine (C=N–C) groups is 1. The molecular weight excluding hydrogens is 439 g/mol. The highest BCUT2D eigenvalue weighted by atomic mass is 35.5. The molecule has 3 heterocycles. The van der Waals surface area contributed by atoms with E-state index in [0.717, 1.165) is 18.0 Å². The fourth-order valence-corrected chi connectivity index (χ4v) is 4.62. The topological polar surface area (TPSA) is 93.3 Å². The van der Waals surface area contributed by atoms with Gasteiger partial charge < -0.3 is 11.1 Å². The predicted octanol–water partition coefficient (Wildman–Crippen LogP) is 4.46. The van der Waals surface area contributed by atoms with E-state index in [1.54, 1.807) is 6.92 Å². The van der Waals surface area contributed by atoms with Crippen LogP contribution >= 0.6 is 23.4 Å². The Balaban J connectivity index is 1.99. The summed E-state index contributed by atoms with van der Waals surface area (Å²) in [6, 6.07) is 4.25. The number of nitrogens with one attached hydrogen (secondary N) is 1. The van der Waals surface area contributed by atoms with E-state index in [9.17, 15) is 18.0 Å². The van der Waals surface area contributed by atoms with Crippen LogP contribution in [0.25, 0.3) is 0 Å². The summed E-state index contributed by atoms with van der Waals surface area (Å²) in [5, 5.41) is 2.86. The lowest BCUT2D eigenvalue weighted by Gasteiger charge is -2.46. The van der Waals surface area contributed by atoms with Gasteiger partial charge in [-0.05, 0) is 32.0 Å². The first-order chi connectivity index (χ1) is 14.0. The number of nitrogens with two attached hydrogens (primary N) is 1. The number of alkyl halides is 2. The molecule has 0 spiro atoms. The standard InChI is InChI=1S/C19H19ClF3N5OS/c1-9-18(2,28-17(24)30-19(9,3)16(22)23)12-6-11(8-26-14(12)21)27-15(29)13-5-4-10(20)7-25-13/h4-9,16H,1-3H3,(H2,24,28)(H,27,29)/t9-,18-,19-/m0/s1. The largest absolute Gasteiger partial charge is 0.378 e. The van der Waals surface area contributed by atoms with Crippen LogP contribution in [0.2, 0.25) is 5.02 Å². The number of carbonyl (C=O) groups excluding carboxylic acids is 1. The smallest absolute Gasteiger partial charge is 0.274 e. The van der Waals surface area contributed by atoms with Crippen molar-refractivity contribution in [3.8, 4) is 0 Å². The molecule has 3 atom stereocenters.